The second-order valence-corrected chi connectivity index (χ2v) is 5.40. The molecule has 0 radical (unpaired) electrons. The van der Waals surface area contributed by atoms with Gasteiger partial charge in [-0.3, -0.25) is 14.4 Å². The zero-order chi connectivity index (χ0) is 17.2. The summed E-state index contributed by atoms with van der Waals surface area (Å²) in [6.07, 6.45) is 4.58. The Balaban J connectivity index is 2.60. The summed E-state index contributed by atoms with van der Waals surface area (Å²) in [5.74, 6) is -0.979. The average Bonchev–Trinajstić information content (AvgIpc) is 2.50. The first-order chi connectivity index (χ1) is 10.9. The molecule has 0 fully saturated rings. The molecule has 2 amide bonds. The van der Waals surface area contributed by atoms with E-state index in [-0.39, 0.29) is 5.91 Å². The summed E-state index contributed by atoms with van der Waals surface area (Å²) in [7, 11) is 0. The van der Waals surface area contributed by atoms with Gasteiger partial charge in [0.15, 0.2) is 0 Å². The number of primary amides is 1. The Hall–Kier alpha value is -2.37. The summed E-state index contributed by atoms with van der Waals surface area (Å²) in [5.41, 5.74) is 5.72. The standard InChI is InChI=1S/C17H24N2O4/c1-3-4-5-6-7-15(16(18)21)19-17(22)13-8-10-14(11-9-13)23-12(2)20/h8-11,15H,3-7H2,1-2H3,(H2,18,21)(H,19,22)/t15-/m1/s1. The molecule has 6 heteroatoms. The van der Waals surface area contributed by atoms with Crippen LogP contribution in [0.25, 0.3) is 0 Å². The molecule has 0 unspecified atom stereocenters. The molecule has 1 aromatic carbocycles. The minimum atomic E-state index is -0.674. The molecular weight excluding hydrogens is 296 g/mol. The largest absolute Gasteiger partial charge is 0.427 e. The van der Waals surface area contributed by atoms with Crippen LogP contribution in [0.2, 0.25) is 0 Å². The Labute approximate surface area is 136 Å². The van der Waals surface area contributed by atoms with Gasteiger partial charge in [-0.25, -0.2) is 0 Å². The van der Waals surface area contributed by atoms with E-state index in [4.69, 9.17) is 10.5 Å². The van der Waals surface area contributed by atoms with Crippen LogP contribution in [0.4, 0.5) is 0 Å². The number of unbranched alkanes of at least 4 members (excludes halogenated alkanes) is 3. The quantitative estimate of drug-likeness (QED) is 0.414. The van der Waals surface area contributed by atoms with Crippen LogP contribution in [0.5, 0.6) is 5.75 Å². The van der Waals surface area contributed by atoms with Crippen molar-refractivity contribution in [3.05, 3.63) is 29.8 Å². The van der Waals surface area contributed by atoms with Crippen molar-refractivity contribution in [1.82, 2.24) is 5.32 Å². The van der Waals surface area contributed by atoms with E-state index in [9.17, 15) is 14.4 Å². The molecule has 0 aliphatic heterocycles. The van der Waals surface area contributed by atoms with Gasteiger partial charge in [0, 0.05) is 12.5 Å². The molecule has 0 aromatic heterocycles. The van der Waals surface area contributed by atoms with Crippen molar-refractivity contribution in [2.24, 2.45) is 5.73 Å². The normalized spacial score (nSPS) is 11.6. The van der Waals surface area contributed by atoms with Gasteiger partial charge in [0.1, 0.15) is 11.8 Å². The summed E-state index contributed by atoms with van der Waals surface area (Å²) in [4.78, 5) is 34.5. The predicted molar refractivity (Wildman–Crippen MR) is 87.0 cm³/mol. The van der Waals surface area contributed by atoms with Crippen LogP contribution in [0.1, 0.15) is 56.3 Å². The van der Waals surface area contributed by atoms with Crippen LogP contribution < -0.4 is 15.8 Å². The van der Waals surface area contributed by atoms with E-state index in [0.29, 0.717) is 17.7 Å². The van der Waals surface area contributed by atoms with Gasteiger partial charge in [0.2, 0.25) is 5.91 Å². The summed E-state index contributed by atoms with van der Waals surface area (Å²) in [5, 5.41) is 2.65. The molecule has 0 saturated heterocycles. The fourth-order valence-electron chi connectivity index (χ4n) is 2.14. The highest BCUT2D eigenvalue weighted by Gasteiger charge is 2.18. The number of hydrogen-bond acceptors (Lipinski definition) is 4. The van der Waals surface area contributed by atoms with Crippen LogP contribution in [-0.4, -0.2) is 23.8 Å². The number of esters is 1. The van der Waals surface area contributed by atoms with E-state index in [1.807, 2.05) is 0 Å². The summed E-state index contributed by atoms with van der Waals surface area (Å²) >= 11 is 0. The third kappa shape index (κ3) is 6.95. The lowest BCUT2D eigenvalue weighted by Gasteiger charge is -2.15. The second kappa shape index (κ2) is 9.61. The van der Waals surface area contributed by atoms with Crippen molar-refractivity contribution in [1.29, 1.82) is 0 Å². The lowest BCUT2D eigenvalue weighted by molar-refractivity contribution is -0.131. The molecule has 0 saturated carbocycles. The summed E-state index contributed by atoms with van der Waals surface area (Å²) in [6.45, 7) is 3.41. The van der Waals surface area contributed by atoms with E-state index in [1.165, 1.54) is 31.2 Å². The molecule has 0 aliphatic rings. The SMILES string of the molecule is CCCCCC[C@@H](NC(=O)c1ccc(OC(C)=O)cc1)C(N)=O. The summed E-state index contributed by atoms with van der Waals surface area (Å²) in [6, 6.07) is 5.44. The highest BCUT2D eigenvalue weighted by Crippen LogP contribution is 2.13. The number of nitrogens with two attached hydrogens (primary N) is 1. The molecule has 23 heavy (non-hydrogen) atoms. The molecule has 0 spiro atoms. The number of rotatable bonds is 9. The Bertz CT molecular complexity index is 540. The molecule has 6 nitrogen and oxygen atoms in total. The highest BCUT2D eigenvalue weighted by atomic mass is 16.5. The lowest BCUT2D eigenvalue weighted by atomic mass is 10.1. The number of ether oxygens (including phenoxy) is 1. The molecule has 0 bridgehead atoms. The monoisotopic (exact) mass is 320 g/mol. The van der Waals surface area contributed by atoms with E-state index >= 15 is 0 Å². The van der Waals surface area contributed by atoms with Crippen LogP contribution >= 0.6 is 0 Å². The van der Waals surface area contributed by atoms with E-state index in [1.54, 1.807) is 0 Å². The third-order valence-corrected chi connectivity index (χ3v) is 3.37. The maximum atomic E-state index is 12.2. The first-order valence-electron chi connectivity index (χ1n) is 7.82. The second-order valence-electron chi connectivity index (χ2n) is 5.40. The van der Waals surface area contributed by atoms with Crippen molar-refractivity contribution < 1.29 is 19.1 Å². The van der Waals surface area contributed by atoms with Crippen LogP contribution in [0, 0.1) is 0 Å². The van der Waals surface area contributed by atoms with Crippen LogP contribution in [0.15, 0.2) is 24.3 Å². The minimum Gasteiger partial charge on any atom is -0.427 e. The lowest BCUT2D eigenvalue weighted by Crippen LogP contribution is -2.44. The van der Waals surface area contributed by atoms with Crippen molar-refractivity contribution in [2.75, 3.05) is 0 Å². The van der Waals surface area contributed by atoms with Crippen LogP contribution in [0.3, 0.4) is 0 Å². The topological polar surface area (TPSA) is 98.5 Å². The van der Waals surface area contributed by atoms with Gasteiger partial charge in [0.05, 0.1) is 0 Å². The van der Waals surface area contributed by atoms with Gasteiger partial charge in [-0.15, -0.1) is 0 Å². The molecule has 1 atom stereocenters. The first-order valence-corrected chi connectivity index (χ1v) is 7.82. The Morgan fingerprint density at radius 3 is 2.30 bits per heavy atom. The third-order valence-electron chi connectivity index (χ3n) is 3.37. The van der Waals surface area contributed by atoms with E-state index < -0.39 is 17.9 Å². The first kappa shape index (κ1) is 18.7. The van der Waals surface area contributed by atoms with E-state index in [2.05, 4.69) is 12.2 Å². The van der Waals surface area contributed by atoms with E-state index in [0.717, 1.165) is 25.7 Å². The molecule has 3 N–H and O–H groups in total. The highest BCUT2D eigenvalue weighted by molar-refractivity contribution is 5.97. The van der Waals surface area contributed by atoms with Gasteiger partial charge in [-0.1, -0.05) is 32.6 Å². The van der Waals surface area contributed by atoms with Crippen molar-refractivity contribution in [2.45, 2.75) is 52.0 Å². The number of amides is 2. The van der Waals surface area contributed by atoms with Gasteiger partial charge in [0.25, 0.3) is 5.91 Å². The maximum Gasteiger partial charge on any atom is 0.308 e. The number of benzene rings is 1. The van der Waals surface area contributed by atoms with Crippen molar-refractivity contribution in [3.8, 4) is 5.75 Å². The van der Waals surface area contributed by atoms with Gasteiger partial charge < -0.3 is 15.8 Å². The molecule has 126 valence electrons. The van der Waals surface area contributed by atoms with Gasteiger partial charge >= 0.3 is 5.97 Å². The number of hydrogen-bond donors (Lipinski definition) is 2. The van der Waals surface area contributed by atoms with Gasteiger partial charge in [-0.05, 0) is 30.7 Å². The fraction of sp³-hybridized carbons (Fsp3) is 0.471. The number of carbonyl (C=O) groups is 3. The van der Waals surface area contributed by atoms with Crippen molar-refractivity contribution in [3.63, 3.8) is 0 Å². The Morgan fingerprint density at radius 1 is 1.13 bits per heavy atom. The molecule has 0 heterocycles. The fourth-order valence-corrected chi connectivity index (χ4v) is 2.14. The zero-order valence-corrected chi connectivity index (χ0v) is 13.6. The number of nitrogens with one attached hydrogen (secondary N) is 1. The molecular formula is C17H24N2O4. The molecule has 1 aromatic rings. The maximum absolute atomic E-state index is 12.2. The Morgan fingerprint density at radius 2 is 1.78 bits per heavy atom. The van der Waals surface area contributed by atoms with Crippen LogP contribution in [-0.2, 0) is 9.59 Å². The zero-order valence-electron chi connectivity index (χ0n) is 13.6. The van der Waals surface area contributed by atoms with Crippen molar-refractivity contribution >= 4 is 17.8 Å². The van der Waals surface area contributed by atoms with Gasteiger partial charge in [-0.2, -0.15) is 0 Å². The summed E-state index contributed by atoms with van der Waals surface area (Å²) < 4.78 is 4.90. The smallest absolute Gasteiger partial charge is 0.308 e. The molecule has 0 aliphatic carbocycles. The predicted octanol–water partition coefficient (Wildman–Crippen LogP) is 2.17. The average molecular weight is 320 g/mol. The molecule has 1 rings (SSSR count). The Kier molecular flexibility index (Phi) is 7.80. The minimum absolute atomic E-state index is 0.361. The number of carbonyl (C=O) groups excluding carboxylic acids is 3.